The SMILES string of the molecule is Cc1ccc(C(=O)N2CC[C@H](c3nn(CCN)c4nccnc34)C2)s1. The molecule has 3 aromatic rings. The van der Waals surface area contributed by atoms with Gasteiger partial charge in [-0.2, -0.15) is 5.10 Å². The number of fused-ring (bicyclic) bond motifs is 1. The van der Waals surface area contributed by atoms with Gasteiger partial charge in [0.25, 0.3) is 5.91 Å². The van der Waals surface area contributed by atoms with Gasteiger partial charge < -0.3 is 10.6 Å². The second kappa shape index (κ2) is 6.53. The molecule has 3 aromatic heterocycles. The van der Waals surface area contributed by atoms with Crippen molar-refractivity contribution in [3.63, 3.8) is 0 Å². The van der Waals surface area contributed by atoms with Gasteiger partial charge in [0.05, 0.1) is 17.1 Å². The Morgan fingerprint density at radius 2 is 2.20 bits per heavy atom. The van der Waals surface area contributed by atoms with Gasteiger partial charge in [0.1, 0.15) is 5.52 Å². The van der Waals surface area contributed by atoms with E-state index in [4.69, 9.17) is 10.8 Å². The summed E-state index contributed by atoms with van der Waals surface area (Å²) in [7, 11) is 0. The van der Waals surface area contributed by atoms with Crippen LogP contribution in [0.4, 0.5) is 0 Å². The Bertz CT molecular complexity index is 917. The molecule has 25 heavy (non-hydrogen) atoms. The lowest BCUT2D eigenvalue weighted by Crippen LogP contribution is -2.27. The molecule has 1 atom stereocenters. The molecule has 0 bridgehead atoms. The predicted octanol–water partition coefficient (Wildman–Crippen LogP) is 1.78. The highest BCUT2D eigenvalue weighted by atomic mass is 32.1. The van der Waals surface area contributed by atoms with E-state index < -0.39 is 0 Å². The van der Waals surface area contributed by atoms with E-state index in [0.717, 1.165) is 39.6 Å². The maximum absolute atomic E-state index is 12.7. The maximum atomic E-state index is 12.7. The molecule has 1 aliphatic heterocycles. The van der Waals surface area contributed by atoms with Gasteiger partial charge >= 0.3 is 0 Å². The topological polar surface area (TPSA) is 89.9 Å². The Hall–Kier alpha value is -2.32. The van der Waals surface area contributed by atoms with Crippen LogP contribution in [0.15, 0.2) is 24.5 Å². The molecular formula is C17H20N6OS. The van der Waals surface area contributed by atoms with Crippen LogP contribution in [0.25, 0.3) is 11.2 Å². The van der Waals surface area contributed by atoms with Crippen LogP contribution in [0.5, 0.6) is 0 Å². The highest BCUT2D eigenvalue weighted by molar-refractivity contribution is 7.13. The summed E-state index contributed by atoms with van der Waals surface area (Å²) in [5.41, 5.74) is 8.19. The summed E-state index contributed by atoms with van der Waals surface area (Å²) in [4.78, 5) is 25.4. The molecule has 0 saturated carbocycles. The minimum Gasteiger partial charge on any atom is -0.337 e. The molecular weight excluding hydrogens is 336 g/mol. The minimum atomic E-state index is 0.109. The third-order valence-corrected chi connectivity index (χ3v) is 5.54. The van der Waals surface area contributed by atoms with Gasteiger partial charge in [-0.25, -0.2) is 14.6 Å². The van der Waals surface area contributed by atoms with Gasteiger partial charge in [-0.1, -0.05) is 0 Å². The highest BCUT2D eigenvalue weighted by Crippen LogP contribution is 2.31. The average molecular weight is 356 g/mol. The maximum Gasteiger partial charge on any atom is 0.263 e. The predicted molar refractivity (Wildman–Crippen MR) is 96.7 cm³/mol. The van der Waals surface area contributed by atoms with E-state index in [1.54, 1.807) is 23.7 Å². The van der Waals surface area contributed by atoms with Gasteiger partial charge in [-0.05, 0) is 25.5 Å². The summed E-state index contributed by atoms with van der Waals surface area (Å²) in [6.45, 7) is 4.54. The Morgan fingerprint density at radius 3 is 2.96 bits per heavy atom. The summed E-state index contributed by atoms with van der Waals surface area (Å²) >= 11 is 1.55. The number of nitrogens with zero attached hydrogens (tertiary/aromatic N) is 5. The molecule has 0 spiro atoms. The first-order valence-corrected chi connectivity index (χ1v) is 9.22. The second-order valence-corrected chi connectivity index (χ2v) is 7.56. The van der Waals surface area contributed by atoms with Crippen LogP contribution >= 0.6 is 11.3 Å². The van der Waals surface area contributed by atoms with E-state index in [0.29, 0.717) is 19.6 Å². The van der Waals surface area contributed by atoms with Crippen molar-refractivity contribution in [3.8, 4) is 0 Å². The number of amides is 1. The van der Waals surface area contributed by atoms with Gasteiger partial charge in [0, 0.05) is 42.8 Å². The van der Waals surface area contributed by atoms with Crippen LogP contribution in [0.2, 0.25) is 0 Å². The summed E-state index contributed by atoms with van der Waals surface area (Å²) in [5, 5.41) is 4.71. The number of hydrogen-bond donors (Lipinski definition) is 1. The lowest BCUT2D eigenvalue weighted by molar-refractivity contribution is 0.0795. The van der Waals surface area contributed by atoms with Crippen LogP contribution in [0, 0.1) is 6.92 Å². The number of aromatic nitrogens is 4. The first kappa shape index (κ1) is 16.2. The summed E-state index contributed by atoms with van der Waals surface area (Å²) in [6.07, 6.45) is 4.25. The molecule has 2 N–H and O–H groups in total. The first-order valence-electron chi connectivity index (χ1n) is 8.40. The van der Waals surface area contributed by atoms with Gasteiger partial charge in [-0.15, -0.1) is 11.3 Å². The third-order valence-electron chi connectivity index (χ3n) is 4.55. The Kier molecular flexibility index (Phi) is 4.22. The van der Waals surface area contributed by atoms with Gasteiger partial charge in [-0.3, -0.25) is 4.79 Å². The second-order valence-electron chi connectivity index (χ2n) is 6.27. The Morgan fingerprint density at radius 1 is 1.36 bits per heavy atom. The lowest BCUT2D eigenvalue weighted by atomic mass is 10.0. The number of thiophene rings is 1. The van der Waals surface area contributed by atoms with Crippen LogP contribution in [0.1, 0.15) is 32.6 Å². The zero-order valence-corrected chi connectivity index (χ0v) is 14.9. The quantitative estimate of drug-likeness (QED) is 0.770. The van der Waals surface area contributed by atoms with Crippen molar-refractivity contribution in [1.29, 1.82) is 0 Å². The molecule has 0 radical (unpaired) electrons. The zero-order chi connectivity index (χ0) is 17.4. The van der Waals surface area contributed by atoms with Crippen molar-refractivity contribution >= 4 is 28.4 Å². The number of carbonyl (C=O) groups is 1. The number of hydrogen-bond acceptors (Lipinski definition) is 6. The lowest BCUT2D eigenvalue weighted by Gasteiger charge is -2.15. The molecule has 1 saturated heterocycles. The van der Waals surface area contributed by atoms with Gasteiger partial charge in [0.2, 0.25) is 0 Å². The summed E-state index contributed by atoms with van der Waals surface area (Å²) < 4.78 is 1.82. The fraction of sp³-hybridized carbons (Fsp3) is 0.412. The fourth-order valence-corrected chi connectivity index (χ4v) is 4.19. The summed E-state index contributed by atoms with van der Waals surface area (Å²) in [6, 6.07) is 3.90. The van der Waals surface area contributed by atoms with Crippen molar-refractivity contribution in [2.24, 2.45) is 5.73 Å². The summed E-state index contributed by atoms with van der Waals surface area (Å²) in [5.74, 6) is 0.292. The molecule has 0 aliphatic carbocycles. The molecule has 1 aliphatic rings. The molecule has 4 rings (SSSR count). The van der Waals surface area contributed by atoms with E-state index in [9.17, 15) is 4.79 Å². The van der Waals surface area contributed by atoms with Crippen molar-refractivity contribution in [1.82, 2.24) is 24.6 Å². The van der Waals surface area contributed by atoms with Crippen molar-refractivity contribution < 1.29 is 4.79 Å². The number of aryl methyl sites for hydroxylation is 1. The van der Waals surface area contributed by atoms with Crippen LogP contribution < -0.4 is 5.73 Å². The monoisotopic (exact) mass is 356 g/mol. The Labute approximate surface area is 149 Å². The highest BCUT2D eigenvalue weighted by Gasteiger charge is 2.32. The fourth-order valence-electron chi connectivity index (χ4n) is 3.35. The number of carbonyl (C=O) groups excluding carboxylic acids is 1. The average Bonchev–Trinajstić information content (AvgIpc) is 3.33. The molecule has 130 valence electrons. The van der Waals surface area contributed by atoms with Crippen molar-refractivity contribution in [3.05, 3.63) is 40.0 Å². The number of likely N-dealkylation sites (tertiary alicyclic amines) is 1. The van der Waals surface area contributed by atoms with Crippen LogP contribution in [-0.4, -0.2) is 50.2 Å². The number of nitrogens with two attached hydrogens (primary N) is 1. The molecule has 0 aromatic carbocycles. The van der Waals surface area contributed by atoms with Crippen molar-refractivity contribution in [2.45, 2.75) is 25.8 Å². The molecule has 1 amide bonds. The third kappa shape index (κ3) is 2.91. The van der Waals surface area contributed by atoms with E-state index in [1.165, 1.54) is 0 Å². The van der Waals surface area contributed by atoms with Crippen LogP contribution in [-0.2, 0) is 6.54 Å². The first-order chi connectivity index (χ1) is 12.2. The number of rotatable bonds is 4. The molecule has 8 heteroatoms. The largest absolute Gasteiger partial charge is 0.337 e. The molecule has 1 fully saturated rings. The van der Waals surface area contributed by atoms with E-state index >= 15 is 0 Å². The Balaban J connectivity index is 1.59. The van der Waals surface area contributed by atoms with E-state index in [2.05, 4.69) is 9.97 Å². The molecule has 0 unspecified atom stereocenters. The normalized spacial score (nSPS) is 17.5. The molecule has 4 heterocycles. The standard InChI is InChI=1S/C17H20N6OS/c1-11-2-3-13(25-11)17(24)22-8-4-12(10-22)14-15-16(20-7-6-19-15)23(21-14)9-5-18/h2-3,6-7,12H,4-5,8-10,18H2,1H3/t12-/m0/s1. The van der Waals surface area contributed by atoms with E-state index in [1.807, 2.05) is 28.6 Å². The molecule has 7 nitrogen and oxygen atoms in total. The zero-order valence-electron chi connectivity index (χ0n) is 14.1. The van der Waals surface area contributed by atoms with Crippen molar-refractivity contribution in [2.75, 3.05) is 19.6 Å². The minimum absolute atomic E-state index is 0.109. The smallest absolute Gasteiger partial charge is 0.263 e. The van der Waals surface area contributed by atoms with Crippen LogP contribution in [0.3, 0.4) is 0 Å². The van der Waals surface area contributed by atoms with Gasteiger partial charge in [0.15, 0.2) is 5.65 Å². The van der Waals surface area contributed by atoms with E-state index in [-0.39, 0.29) is 11.8 Å².